The summed E-state index contributed by atoms with van der Waals surface area (Å²) in [6, 6.07) is 3.78. The van der Waals surface area contributed by atoms with Gasteiger partial charge in [0.15, 0.2) is 0 Å². The van der Waals surface area contributed by atoms with E-state index in [2.05, 4.69) is 21.2 Å². The summed E-state index contributed by atoms with van der Waals surface area (Å²) in [5.41, 5.74) is 1.61. The molecular formula is C15H23BrN2O2S. The van der Waals surface area contributed by atoms with Gasteiger partial charge >= 0.3 is 0 Å². The van der Waals surface area contributed by atoms with Crippen molar-refractivity contribution in [2.24, 2.45) is 0 Å². The third-order valence-electron chi connectivity index (χ3n) is 4.05. The SMILES string of the molecule is CNCc1cc(C)c(Br)c(S(=O)(=O)N2CCCC2(C)C)c1. The van der Waals surface area contributed by atoms with Crippen LogP contribution in [0.1, 0.15) is 37.8 Å². The molecule has 0 atom stereocenters. The van der Waals surface area contributed by atoms with Gasteiger partial charge in [0.2, 0.25) is 10.0 Å². The fraction of sp³-hybridized carbons (Fsp3) is 0.600. The Morgan fingerprint density at radius 3 is 2.57 bits per heavy atom. The lowest BCUT2D eigenvalue weighted by Crippen LogP contribution is -2.42. The minimum atomic E-state index is -3.48. The molecule has 0 aliphatic carbocycles. The molecule has 0 bridgehead atoms. The maximum Gasteiger partial charge on any atom is 0.244 e. The van der Waals surface area contributed by atoms with Crippen molar-refractivity contribution in [3.8, 4) is 0 Å². The molecule has 1 aliphatic heterocycles. The summed E-state index contributed by atoms with van der Waals surface area (Å²) < 4.78 is 28.4. The normalized spacial score (nSPS) is 19.1. The standard InChI is InChI=1S/C15H23BrN2O2S/c1-11-8-12(10-17-4)9-13(14(11)16)21(19,20)18-7-5-6-15(18,2)3/h8-9,17H,5-7,10H2,1-4H3. The van der Waals surface area contributed by atoms with Crippen LogP contribution >= 0.6 is 15.9 Å². The number of nitrogens with zero attached hydrogens (tertiary/aromatic N) is 1. The summed E-state index contributed by atoms with van der Waals surface area (Å²) in [5, 5.41) is 3.07. The summed E-state index contributed by atoms with van der Waals surface area (Å²) in [4.78, 5) is 0.378. The lowest BCUT2D eigenvalue weighted by molar-refractivity contribution is 0.291. The van der Waals surface area contributed by atoms with Crippen LogP contribution < -0.4 is 5.32 Å². The van der Waals surface area contributed by atoms with Gasteiger partial charge in [0.25, 0.3) is 0 Å². The van der Waals surface area contributed by atoms with Gasteiger partial charge in [-0.05, 0) is 73.8 Å². The minimum Gasteiger partial charge on any atom is -0.316 e. The zero-order valence-electron chi connectivity index (χ0n) is 13.0. The highest BCUT2D eigenvalue weighted by molar-refractivity contribution is 9.10. The van der Waals surface area contributed by atoms with Gasteiger partial charge in [0.1, 0.15) is 0 Å². The molecule has 1 aliphatic rings. The van der Waals surface area contributed by atoms with Crippen LogP contribution in [-0.4, -0.2) is 31.9 Å². The van der Waals surface area contributed by atoms with E-state index in [9.17, 15) is 8.42 Å². The van der Waals surface area contributed by atoms with Crippen LogP contribution in [0.4, 0.5) is 0 Å². The van der Waals surface area contributed by atoms with Gasteiger partial charge in [-0.3, -0.25) is 0 Å². The number of sulfonamides is 1. The maximum atomic E-state index is 13.1. The van der Waals surface area contributed by atoms with Crippen molar-refractivity contribution in [3.05, 3.63) is 27.7 Å². The molecule has 0 amide bonds. The Labute approximate surface area is 136 Å². The fourth-order valence-electron chi connectivity index (χ4n) is 2.95. The number of hydrogen-bond donors (Lipinski definition) is 1. The number of benzene rings is 1. The average Bonchev–Trinajstić information content (AvgIpc) is 2.74. The van der Waals surface area contributed by atoms with Gasteiger partial charge in [-0.2, -0.15) is 4.31 Å². The van der Waals surface area contributed by atoms with Crippen molar-refractivity contribution in [2.45, 2.75) is 50.6 Å². The van der Waals surface area contributed by atoms with Crippen LogP contribution in [0.2, 0.25) is 0 Å². The van der Waals surface area contributed by atoms with E-state index in [0.29, 0.717) is 22.5 Å². The van der Waals surface area contributed by atoms with Crippen LogP contribution in [0.15, 0.2) is 21.5 Å². The molecule has 6 heteroatoms. The lowest BCUT2D eigenvalue weighted by Gasteiger charge is -2.31. The Balaban J connectivity index is 2.54. The summed E-state index contributed by atoms with van der Waals surface area (Å²) in [6.07, 6.45) is 1.82. The van der Waals surface area contributed by atoms with Crippen LogP contribution in [0, 0.1) is 6.92 Å². The molecular weight excluding hydrogens is 352 g/mol. The molecule has 0 saturated carbocycles. The monoisotopic (exact) mass is 374 g/mol. The Hall–Kier alpha value is -0.430. The van der Waals surface area contributed by atoms with E-state index in [-0.39, 0.29) is 5.54 Å². The van der Waals surface area contributed by atoms with Crippen molar-refractivity contribution in [2.75, 3.05) is 13.6 Å². The summed E-state index contributed by atoms with van der Waals surface area (Å²) in [7, 11) is -1.63. The summed E-state index contributed by atoms with van der Waals surface area (Å²) >= 11 is 3.46. The third kappa shape index (κ3) is 3.18. The van der Waals surface area contributed by atoms with Crippen LogP contribution in [0.25, 0.3) is 0 Å². The molecule has 1 N–H and O–H groups in total. The van der Waals surface area contributed by atoms with Crippen molar-refractivity contribution in [1.29, 1.82) is 0 Å². The highest BCUT2D eigenvalue weighted by Crippen LogP contribution is 2.37. The van der Waals surface area contributed by atoms with Gasteiger partial charge in [-0.1, -0.05) is 6.07 Å². The second-order valence-electron chi connectivity index (χ2n) is 6.25. The topological polar surface area (TPSA) is 49.4 Å². The molecule has 1 fully saturated rings. The Morgan fingerprint density at radius 1 is 1.38 bits per heavy atom. The van der Waals surface area contributed by atoms with E-state index < -0.39 is 10.0 Å². The minimum absolute atomic E-state index is 0.314. The largest absolute Gasteiger partial charge is 0.316 e. The number of halogens is 1. The van der Waals surface area contributed by atoms with Gasteiger partial charge in [-0.15, -0.1) is 0 Å². The van der Waals surface area contributed by atoms with Crippen LogP contribution in [0.3, 0.4) is 0 Å². The molecule has 0 unspecified atom stereocenters. The molecule has 1 saturated heterocycles. The van der Waals surface area contributed by atoms with Crippen LogP contribution in [0.5, 0.6) is 0 Å². The number of rotatable bonds is 4. The van der Waals surface area contributed by atoms with Crippen molar-refractivity contribution in [3.63, 3.8) is 0 Å². The first-order valence-electron chi connectivity index (χ1n) is 7.16. The molecule has 0 aromatic heterocycles. The first-order valence-corrected chi connectivity index (χ1v) is 9.40. The van der Waals surface area contributed by atoms with E-state index in [1.54, 1.807) is 10.4 Å². The first kappa shape index (κ1) is 16.9. The Bertz CT molecular complexity index is 641. The van der Waals surface area contributed by atoms with Crippen molar-refractivity contribution < 1.29 is 8.42 Å². The molecule has 1 aromatic rings. The molecule has 4 nitrogen and oxygen atoms in total. The molecule has 118 valence electrons. The molecule has 2 rings (SSSR count). The quantitative estimate of drug-likeness (QED) is 0.880. The third-order valence-corrected chi connectivity index (χ3v) is 7.50. The number of aryl methyl sites for hydroxylation is 1. The smallest absolute Gasteiger partial charge is 0.244 e. The van der Waals surface area contributed by atoms with Crippen molar-refractivity contribution in [1.82, 2.24) is 9.62 Å². The van der Waals surface area contributed by atoms with E-state index >= 15 is 0 Å². The highest BCUT2D eigenvalue weighted by Gasteiger charge is 2.41. The molecule has 1 heterocycles. The fourth-order valence-corrected chi connectivity index (χ4v) is 5.83. The van der Waals surface area contributed by atoms with Gasteiger partial charge < -0.3 is 5.32 Å². The van der Waals surface area contributed by atoms with Crippen molar-refractivity contribution >= 4 is 26.0 Å². The Morgan fingerprint density at radius 2 is 2.05 bits per heavy atom. The molecule has 21 heavy (non-hydrogen) atoms. The second kappa shape index (κ2) is 5.99. The average molecular weight is 375 g/mol. The van der Waals surface area contributed by atoms with E-state index in [1.807, 2.05) is 33.9 Å². The van der Waals surface area contributed by atoms with Gasteiger partial charge in [0.05, 0.1) is 4.90 Å². The predicted molar refractivity (Wildman–Crippen MR) is 88.8 cm³/mol. The van der Waals surface area contributed by atoms with Gasteiger partial charge in [-0.25, -0.2) is 8.42 Å². The van der Waals surface area contributed by atoms with E-state index in [4.69, 9.17) is 0 Å². The Kier molecular flexibility index (Phi) is 4.83. The maximum absolute atomic E-state index is 13.1. The molecule has 1 aromatic carbocycles. The summed E-state index contributed by atoms with van der Waals surface area (Å²) in [6.45, 7) is 7.17. The van der Waals surface area contributed by atoms with E-state index in [0.717, 1.165) is 24.0 Å². The second-order valence-corrected chi connectivity index (χ2v) is 8.87. The molecule has 0 radical (unpaired) electrons. The first-order chi connectivity index (χ1) is 9.70. The predicted octanol–water partition coefficient (Wildman–Crippen LogP) is 3.04. The zero-order chi connectivity index (χ0) is 15.8. The van der Waals surface area contributed by atoms with Crippen LogP contribution in [-0.2, 0) is 16.6 Å². The zero-order valence-corrected chi connectivity index (χ0v) is 15.4. The highest BCUT2D eigenvalue weighted by atomic mass is 79.9. The van der Waals surface area contributed by atoms with Gasteiger partial charge in [0, 0.05) is 23.1 Å². The summed E-state index contributed by atoms with van der Waals surface area (Å²) in [5.74, 6) is 0. The number of hydrogen-bond acceptors (Lipinski definition) is 3. The lowest BCUT2D eigenvalue weighted by atomic mass is 10.0. The number of nitrogens with one attached hydrogen (secondary N) is 1. The van der Waals surface area contributed by atoms with E-state index in [1.165, 1.54) is 0 Å². The molecule has 0 spiro atoms.